The number of hydrogen-bond donors (Lipinski definition) is 3. The van der Waals surface area contributed by atoms with E-state index in [0.717, 1.165) is 38.5 Å². The zero-order valence-corrected chi connectivity index (χ0v) is 12.1. The standard InChI is InChI=1S/C16H30O3/c17-12-11-15(7-8-15)5-1-3-14(19)4-2-6-16(13-18)9-10-16/h14,17-19H,1-13H2. The first-order valence-corrected chi connectivity index (χ1v) is 8.04. The fraction of sp³-hybridized carbons (Fsp3) is 1.00. The number of hydrogen-bond acceptors (Lipinski definition) is 3. The molecule has 3 N–H and O–H groups in total. The van der Waals surface area contributed by atoms with Crippen molar-refractivity contribution in [1.29, 1.82) is 0 Å². The van der Waals surface area contributed by atoms with E-state index in [1.54, 1.807) is 0 Å². The van der Waals surface area contributed by atoms with Crippen LogP contribution >= 0.6 is 0 Å². The van der Waals surface area contributed by atoms with Gasteiger partial charge in [0.05, 0.1) is 6.10 Å². The molecule has 0 aromatic heterocycles. The molecular formula is C16H30O3. The van der Waals surface area contributed by atoms with Crippen LogP contribution in [0.5, 0.6) is 0 Å². The Balaban J connectivity index is 1.49. The SMILES string of the molecule is OCCC1(CCCC(O)CCCC2(CO)CC2)CC1. The van der Waals surface area contributed by atoms with E-state index >= 15 is 0 Å². The minimum atomic E-state index is -0.167. The van der Waals surface area contributed by atoms with Gasteiger partial charge in [-0.15, -0.1) is 0 Å². The van der Waals surface area contributed by atoms with Crippen molar-refractivity contribution in [2.75, 3.05) is 13.2 Å². The average molecular weight is 270 g/mol. The summed E-state index contributed by atoms with van der Waals surface area (Å²) in [7, 11) is 0. The molecule has 0 bridgehead atoms. The van der Waals surface area contributed by atoms with Gasteiger partial charge in [-0.05, 0) is 68.6 Å². The summed E-state index contributed by atoms with van der Waals surface area (Å²) in [6, 6.07) is 0. The van der Waals surface area contributed by atoms with Gasteiger partial charge in [-0.25, -0.2) is 0 Å². The molecule has 0 amide bonds. The predicted octanol–water partition coefficient (Wildman–Crippen LogP) is 2.62. The Hall–Kier alpha value is -0.120. The van der Waals surface area contributed by atoms with Gasteiger partial charge in [0, 0.05) is 13.2 Å². The van der Waals surface area contributed by atoms with Crippen LogP contribution in [0.15, 0.2) is 0 Å². The molecule has 2 aliphatic carbocycles. The summed E-state index contributed by atoms with van der Waals surface area (Å²) in [5.74, 6) is 0. The Morgan fingerprint density at radius 3 is 1.74 bits per heavy atom. The summed E-state index contributed by atoms with van der Waals surface area (Å²) in [6.07, 6.45) is 11.8. The number of aliphatic hydroxyl groups excluding tert-OH is 3. The van der Waals surface area contributed by atoms with Crippen LogP contribution in [0.25, 0.3) is 0 Å². The second kappa shape index (κ2) is 6.55. The molecule has 1 unspecified atom stereocenters. The average Bonchev–Trinajstić information content (AvgIpc) is 3.28. The first kappa shape index (κ1) is 15.3. The maximum Gasteiger partial charge on any atom is 0.0540 e. The van der Waals surface area contributed by atoms with E-state index in [0.29, 0.717) is 18.6 Å². The van der Waals surface area contributed by atoms with Gasteiger partial charge < -0.3 is 15.3 Å². The second-order valence-corrected chi connectivity index (χ2v) is 7.07. The van der Waals surface area contributed by atoms with Gasteiger partial charge in [0.2, 0.25) is 0 Å². The molecule has 0 spiro atoms. The molecule has 19 heavy (non-hydrogen) atoms. The summed E-state index contributed by atoms with van der Waals surface area (Å²) in [5, 5.41) is 28.2. The molecule has 0 heterocycles. The van der Waals surface area contributed by atoms with Crippen molar-refractivity contribution < 1.29 is 15.3 Å². The van der Waals surface area contributed by atoms with Gasteiger partial charge in [0.1, 0.15) is 0 Å². The van der Waals surface area contributed by atoms with Crippen LogP contribution in [0.3, 0.4) is 0 Å². The lowest BCUT2D eigenvalue weighted by Crippen LogP contribution is -2.11. The van der Waals surface area contributed by atoms with Crippen LogP contribution in [0.2, 0.25) is 0 Å². The van der Waals surface area contributed by atoms with Crippen LogP contribution in [0, 0.1) is 10.8 Å². The molecular weight excluding hydrogens is 240 g/mol. The summed E-state index contributed by atoms with van der Waals surface area (Å²) in [5.41, 5.74) is 0.669. The third-order valence-electron chi connectivity index (χ3n) is 5.38. The first-order valence-electron chi connectivity index (χ1n) is 8.04. The van der Waals surface area contributed by atoms with Gasteiger partial charge in [-0.3, -0.25) is 0 Å². The molecule has 3 nitrogen and oxygen atoms in total. The Morgan fingerprint density at radius 1 is 0.789 bits per heavy atom. The molecule has 0 aliphatic heterocycles. The van der Waals surface area contributed by atoms with Crippen molar-refractivity contribution in [3.63, 3.8) is 0 Å². The molecule has 0 aromatic rings. The van der Waals surface area contributed by atoms with Crippen LogP contribution in [-0.4, -0.2) is 34.6 Å². The normalized spacial score (nSPS) is 24.2. The molecule has 0 aromatic carbocycles. The quantitative estimate of drug-likeness (QED) is 0.541. The van der Waals surface area contributed by atoms with Gasteiger partial charge >= 0.3 is 0 Å². The van der Waals surface area contributed by atoms with E-state index in [1.807, 2.05) is 0 Å². The highest BCUT2D eigenvalue weighted by Crippen LogP contribution is 2.52. The molecule has 2 rings (SSSR count). The molecule has 2 saturated carbocycles. The summed E-state index contributed by atoms with van der Waals surface area (Å²) in [6.45, 7) is 0.637. The van der Waals surface area contributed by atoms with Crippen molar-refractivity contribution >= 4 is 0 Å². The Labute approximate surface area is 117 Å². The van der Waals surface area contributed by atoms with Gasteiger partial charge in [0.15, 0.2) is 0 Å². The van der Waals surface area contributed by atoms with Crippen LogP contribution in [0.4, 0.5) is 0 Å². The Morgan fingerprint density at radius 2 is 1.32 bits per heavy atom. The van der Waals surface area contributed by atoms with Crippen LogP contribution in [-0.2, 0) is 0 Å². The molecule has 1 atom stereocenters. The second-order valence-electron chi connectivity index (χ2n) is 7.07. The van der Waals surface area contributed by atoms with Gasteiger partial charge in [-0.2, -0.15) is 0 Å². The summed E-state index contributed by atoms with van der Waals surface area (Å²) in [4.78, 5) is 0. The summed E-state index contributed by atoms with van der Waals surface area (Å²) >= 11 is 0. The lowest BCUT2D eigenvalue weighted by atomic mass is 9.93. The molecule has 2 aliphatic rings. The number of rotatable bonds is 11. The molecule has 0 radical (unpaired) electrons. The first-order chi connectivity index (χ1) is 9.14. The van der Waals surface area contributed by atoms with Crippen molar-refractivity contribution in [3.8, 4) is 0 Å². The minimum absolute atomic E-state index is 0.167. The van der Waals surface area contributed by atoms with Gasteiger partial charge in [0.25, 0.3) is 0 Å². The zero-order valence-electron chi connectivity index (χ0n) is 12.1. The van der Waals surface area contributed by atoms with Crippen molar-refractivity contribution in [1.82, 2.24) is 0 Å². The Kier molecular flexibility index (Phi) is 5.27. The smallest absolute Gasteiger partial charge is 0.0540 e. The highest BCUT2D eigenvalue weighted by Gasteiger charge is 2.41. The third-order valence-corrected chi connectivity index (χ3v) is 5.38. The topological polar surface area (TPSA) is 60.7 Å². The zero-order chi connectivity index (χ0) is 13.8. The van der Waals surface area contributed by atoms with Crippen molar-refractivity contribution in [3.05, 3.63) is 0 Å². The minimum Gasteiger partial charge on any atom is -0.396 e. The van der Waals surface area contributed by atoms with E-state index < -0.39 is 0 Å². The fourth-order valence-corrected chi connectivity index (χ4v) is 3.27. The molecule has 3 heteroatoms. The highest BCUT2D eigenvalue weighted by atomic mass is 16.3. The number of aliphatic hydroxyl groups is 3. The monoisotopic (exact) mass is 270 g/mol. The summed E-state index contributed by atoms with van der Waals surface area (Å²) < 4.78 is 0. The largest absolute Gasteiger partial charge is 0.396 e. The molecule has 0 saturated heterocycles. The van der Waals surface area contributed by atoms with Crippen molar-refractivity contribution in [2.24, 2.45) is 10.8 Å². The fourth-order valence-electron chi connectivity index (χ4n) is 3.27. The van der Waals surface area contributed by atoms with E-state index in [4.69, 9.17) is 5.11 Å². The van der Waals surface area contributed by atoms with E-state index in [9.17, 15) is 10.2 Å². The van der Waals surface area contributed by atoms with Crippen LogP contribution < -0.4 is 0 Å². The third kappa shape index (κ3) is 4.73. The van der Waals surface area contributed by atoms with Crippen LogP contribution in [0.1, 0.15) is 70.6 Å². The van der Waals surface area contributed by atoms with Gasteiger partial charge in [-0.1, -0.05) is 12.8 Å². The molecule has 112 valence electrons. The predicted molar refractivity (Wildman–Crippen MR) is 75.8 cm³/mol. The highest BCUT2D eigenvalue weighted by molar-refractivity contribution is 4.93. The van der Waals surface area contributed by atoms with E-state index in [1.165, 1.54) is 32.1 Å². The lowest BCUT2D eigenvalue weighted by Gasteiger charge is -2.16. The lowest BCUT2D eigenvalue weighted by molar-refractivity contribution is 0.135. The Bertz CT molecular complexity index is 269. The maximum atomic E-state index is 9.97. The van der Waals surface area contributed by atoms with Crippen molar-refractivity contribution in [2.45, 2.75) is 76.7 Å². The maximum absolute atomic E-state index is 9.97. The molecule has 2 fully saturated rings. The van der Waals surface area contributed by atoms with E-state index in [2.05, 4.69) is 0 Å². The van der Waals surface area contributed by atoms with E-state index in [-0.39, 0.29) is 11.5 Å².